The van der Waals surface area contributed by atoms with E-state index in [2.05, 4.69) is 4.98 Å². The lowest BCUT2D eigenvalue weighted by Crippen LogP contribution is -1.94. The summed E-state index contributed by atoms with van der Waals surface area (Å²) in [5.41, 5.74) is 1.41. The van der Waals surface area contributed by atoms with Crippen LogP contribution in [-0.4, -0.2) is 11.2 Å². The predicted molar refractivity (Wildman–Crippen MR) is 50.9 cm³/mol. The highest BCUT2D eigenvalue weighted by Crippen LogP contribution is 2.25. The van der Waals surface area contributed by atoms with Crippen molar-refractivity contribution in [1.29, 1.82) is 0 Å². The molecule has 0 N–H and O–H groups in total. The summed E-state index contributed by atoms with van der Waals surface area (Å²) >= 11 is 1.69. The normalized spacial score (nSPS) is 13.0. The second kappa shape index (κ2) is 3.90. The highest BCUT2D eigenvalue weighted by atomic mass is 32.2. The summed E-state index contributed by atoms with van der Waals surface area (Å²) < 4.78 is 13.0. The molecule has 0 aliphatic carbocycles. The number of rotatable bonds is 2. The molecule has 0 spiro atoms. The van der Waals surface area contributed by atoms with Crippen LogP contribution in [0.2, 0.25) is 0 Å². The first-order valence-corrected chi connectivity index (χ1v) is 5.08. The van der Waals surface area contributed by atoms with Gasteiger partial charge in [-0.3, -0.25) is 4.98 Å². The number of aromatic nitrogens is 1. The molecule has 0 radical (unpaired) electrons. The molecule has 0 saturated carbocycles. The van der Waals surface area contributed by atoms with Crippen LogP contribution in [-0.2, 0) is 0 Å². The minimum Gasteiger partial charge on any atom is -0.258 e. The summed E-state index contributed by atoms with van der Waals surface area (Å²) in [7, 11) is 0. The number of pyridine rings is 1. The maximum atomic E-state index is 13.0. The van der Waals surface area contributed by atoms with Crippen molar-refractivity contribution in [3.63, 3.8) is 0 Å². The van der Waals surface area contributed by atoms with Gasteiger partial charge in [0.2, 0.25) is 0 Å². The summed E-state index contributed by atoms with van der Waals surface area (Å²) in [6, 6.07) is 1.56. The number of aryl methyl sites for hydroxylation is 1. The molecule has 0 bridgehead atoms. The van der Waals surface area contributed by atoms with Crippen molar-refractivity contribution in [2.45, 2.75) is 19.1 Å². The Balaban J connectivity index is 2.96. The lowest BCUT2D eigenvalue weighted by molar-refractivity contribution is 0.607. The van der Waals surface area contributed by atoms with E-state index in [0.717, 1.165) is 5.56 Å². The Labute approximate surface area is 76.4 Å². The zero-order valence-corrected chi connectivity index (χ0v) is 8.28. The molecule has 0 amide bonds. The Hall–Kier alpha value is -0.570. The number of halogens is 1. The van der Waals surface area contributed by atoms with Gasteiger partial charge in [-0.15, -0.1) is 0 Å². The van der Waals surface area contributed by atoms with Crippen LogP contribution in [0.4, 0.5) is 4.39 Å². The van der Waals surface area contributed by atoms with Crippen LogP contribution in [0.25, 0.3) is 0 Å². The van der Waals surface area contributed by atoms with E-state index in [-0.39, 0.29) is 5.82 Å². The molecule has 0 aliphatic rings. The van der Waals surface area contributed by atoms with E-state index in [4.69, 9.17) is 0 Å². The van der Waals surface area contributed by atoms with E-state index in [9.17, 15) is 4.39 Å². The SMILES string of the molecule is CSC(C)c1cnc(C)c(F)c1. The largest absolute Gasteiger partial charge is 0.258 e. The third-order valence-corrected chi connectivity index (χ3v) is 2.85. The van der Waals surface area contributed by atoms with E-state index < -0.39 is 0 Å². The van der Waals surface area contributed by atoms with Gasteiger partial charge in [-0.2, -0.15) is 11.8 Å². The minimum atomic E-state index is -0.214. The Morgan fingerprint density at radius 3 is 2.75 bits per heavy atom. The zero-order valence-electron chi connectivity index (χ0n) is 7.47. The smallest absolute Gasteiger partial charge is 0.144 e. The highest BCUT2D eigenvalue weighted by molar-refractivity contribution is 7.98. The lowest BCUT2D eigenvalue weighted by atomic mass is 10.2. The Morgan fingerprint density at radius 1 is 1.58 bits per heavy atom. The Bertz CT molecular complexity index is 275. The molecule has 1 heterocycles. The zero-order chi connectivity index (χ0) is 9.14. The summed E-state index contributed by atoms with van der Waals surface area (Å²) in [6.45, 7) is 3.71. The van der Waals surface area contributed by atoms with Crippen LogP contribution in [0.15, 0.2) is 12.3 Å². The van der Waals surface area contributed by atoms with E-state index in [0.29, 0.717) is 10.9 Å². The number of hydrogen-bond donors (Lipinski definition) is 0. The first-order chi connectivity index (χ1) is 5.65. The van der Waals surface area contributed by atoms with E-state index in [1.54, 1.807) is 30.9 Å². The molecule has 0 saturated heterocycles. The number of thioether (sulfide) groups is 1. The van der Waals surface area contributed by atoms with Gasteiger partial charge in [0.25, 0.3) is 0 Å². The first kappa shape index (κ1) is 9.52. The van der Waals surface area contributed by atoms with Gasteiger partial charge in [-0.25, -0.2) is 4.39 Å². The van der Waals surface area contributed by atoms with Gasteiger partial charge in [-0.1, -0.05) is 0 Å². The lowest BCUT2D eigenvalue weighted by Gasteiger charge is -2.08. The van der Waals surface area contributed by atoms with Crippen LogP contribution in [0.1, 0.15) is 23.4 Å². The fourth-order valence-electron chi connectivity index (χ4n) is 0.879. The molecule has 12 heavy (non-hydrogen) atoms. The average Bonchev–Trinajstić information content (AvgIpc) is 2.08. The van der Waals surface area contributed by atoms with Crippen molar-refractivity contribution < 1.29 is 4.39 Å². The molecular weight excluding hydrogens is 173 g/mol. The van der Waals surface area contributed by atoms with Crippen LogP contribution in [0.3, 0.4) is 0 Å². The molecule has 1 rings (SSSR count). The third kappa shape index (κ3) is 1.97. The van der Waals surface area contributed by atoms with Gasteiger partial charge in [0.15, 0.2) is 0 Å². The quantitative estimate of drug-likeness (QED) is 0.702. The van der Waals surface area contributed by atoms with Crippen LogP contribution in [0.5, 0.6) is 0 Å². The molecule has 0 fully saturated rings. The molecule has 1 unspecified atom stereocenters. The fraction of sp³-hybridized carbons (Fsp3) is 0.444. The van der Waals surface area contributed by atoms with Crippen LogP contribution < -0.4 is 0 Å². The van der Waals surface area contributed by atoms with E-state index in [1.807, 2.05) is 13.2 Å². The summed E-state index contributed by atoms with van der Waals surface area (Å²) in [5.74, 6) is -0.214. The van der Waals surface area contributed by atoms with Crippen LogP contribution >= 0.6 is 11.8 Å². The molecule has 66 valence electrons. The predicted octanol–water partition coefficient (Wildman–Crippen LogP) is 2.95. The molecule has 3 heteroatoms. The van der Waals surface area contributed by atoms with Crippen molar-refractivity contribution in [1.82, 2.24) is 4.98 Å². The second-order valence-electron chi connectivity index (χ2n) is 2.71. The highest BCUT2D eigenvalue weighted by Gasteiger charge is 2.06. The van der Waals surface area contributed by atoms with E-state index >= 15 is 0 Å². The van der Waals surface area contributed by atoms with Crippen molar-refractivity contribution in [2.24, 2.45) is 0 Å². The van der Waals surface area contributed by atoms with Gasteiger partial charge >= 0.3 is 0 Å². The first-order valence-electron chi connectivity index (χ1n) is 3.80. The summed E-state index contributed by atoms with van der Waals surface area (Å²) in [4.78, 5) is 3.96. The summed E-state index contributed by atoms with van der Waals surface area (Å²) in [6.07, 6.45) is 3.74. The summed E-state index contributed by atoms with van der Waals surface area (Å²) in [5, 5.41) is 0.313. The minimum absolute atomic E-state index is 0.214. The van der Waals surface area contributed by atoms with Gasteiger partial charge in [0, 0.05) is 11.4 Å². The maximum Gasteiger partial charge on any atom is 0.144 e. The fourth-order valence-corrected chi connectivity index (χ4v) is 1.28. The van der Waals surface area contributed by atoms with Crippen molar-refractivity contribution >= 4 is 11.8 Å². The number of nitrogens with zero attached hydrogens (tertiary/aromatic N) is 1. The molecule has 1 nitrogen and oxygen atoms in total. The number of hydrogen-bond acceptors (Lipinski definition) is 2. The van der Waals surface area contributed by atoms with Gasteiger partial charge in [0.1, 0.15) is 5.82 Å². The Morgan fingerprint density at radius 2 is 2.25 bits per heavy atom. The molecule has 0 aromatic carbocycles. The monoisotopic (exact) mass is 185 g/mol. The maximum absolute atomic E-state index is 13.0. The second-order valence-corrected chi connectivity index (χ2v) is 3.89. The topological polar surface area (TPSA) is 12.9 Å². The molecule has 0 aliphatic heterocycles. The van der Waals surface area contributed by atoms with E-state index in [1.165, 1.54) is 0 Å². The van der Waals surface area contributed by atoms with Crippen LogP contribution in [0, 0.1) is 12.7 Å². The molecule has 1 aromatic heterocycles. The van der Waals surface area contributed by atoms with Crippen molar-refractivity contribution in [3.8, 4) is 0 Å². The van der Waals surface area contributed by atoms with Crippen molar-refractivity contribution in [2.75, 3.05) is 6.26 Å². The van der Waals surface area contributed by atoms with Crippen molar-refractivity contribution in [3.05, 3.63) is 29.3 Å². The third-order valence-electron chi connectivity index (χ3n) is 1.87. The molecule has 1 atom stereocenters. The van der Waals surface area contributed by atoms with Gasteiger partial charge in [0.05, 0.1) is 5.69 Å². The standard InChI is InChI=1S/C9H12FNS/c1-6-9(10)4-8(5-11-6)7(2)12-3/h4-5,7H,1-3H3. The average molecular weight is 185 g/mol. The molecular formula is C9H12FNS. The molecule has 1 aromatic rings. The van der Waals surface area contributed by atoms with Gasteiger partial charge < -0.3 is 0 Å². The Kier molecular flexibility index (Phi) is 3.09. The van der Waals surface area contributed by atoms with Gasteiger partial charge in [-0.05, 0) is 31.7 Å².